The summed E-state index contributed by atoms with van der Waals surface area (Å²) in [7, 11) is 0. The number of hydrogen-bond donors (Lipinski definition) is 1. The van der Waals surface area contributed by atoms with Crippen molar-refractivity contribution >= 4 is 0 Å². The van der Waals surface area contributed by atoms with Crippen LogP contribution in [0.5, 0.6) is 0 Å². The molecular formula is C7H3F6NO. The molecule has 1 aromatic heterocycles. The Kier molecular flexibility index (Phi) is 2.54. The number of aromatic amines is 1. The van der Waals surface area contributed by atoms with Gasteiger partial charge in [-0.2, -0.15) is 26.3 Å². The minimum absolute atomic E-state index is 0.0989. The number of aromatic nitrogens is 1. The molecule has 0 radical (unpaired) electrons. The molecule has 0 saturated carbocycles. The van der Waals surface area contributed by atoms with Gasteiger partial charge in [-0.25, -0.2) is 0 Å². The average Bonchev–Trinajstić information content (AvgIpc) is 2.00. The summed E-state index contributed by atoms with van der Waals surface area (Å²) in [6, 6.07) is 0.486. The molecule has 0 bridgehead atoms. The molecular weight excluding hydrogens is 228 g/mol. The van der Waals surface area contributed by atoms with Crippen LogP contribution >= 0.6 is 0 Å². The van der Waals surface area contributed by atoms with Crippen molar-refractivity contribution in [2.24, 2.45) is 0 Å². The van der Waals surface area contributed by atoms with E-state index in [1.807, 2.05) is 0 Å². The Morgan fingerprint density at radius 2 is 1.47 bits per heavy atom. The van der Waals surface area contributed by atoms with Crippen molar-refractivity contribution in [3.8, 4) is 0 Å². The molecule has 1 heterocycles. The molecule has 0 unspecified atom stereocenters. The fourth-order valence-corrected chi connectivity index (χ4v) is 0.934. The highest BCUT2D eigenvalue weighted by molar-refractivity contribution is 5.25. The third-order valence-electron chi connectivity index (χ3n) is 1.51. The molecule has 0 aliphatic rings. The molecule has 0 spiro atoms. The van der Waals surface area contributed by atoms with Gasteiger partial charge in [-0.3, -0.25) is 4.79 Å². The second-order valence-electron chi connectivity index (χ2n) is 2.61. The van der Waals surface area contributed by atoms with Crippen LogP contribution in [-0.4, -0.2) is 4.98 Å². The molecule has 1 aromatic rings. The zero-order valence-corrected chi connectivity index (χ0v) is 6.83. The van der Waals surface area contributed by atoms with Crippen molar-refractivity contribution in [3.05, 3.63) is 33.7 Å². The van der Waals surface area contributed by atoms with Gasteiger partial charge < -0.3 is 4.98 Å². The highest BCUT2D eigenvalue weighted by atomic mass is 19.4. The lowest BCUT2D eigenvalue weighted by Gasteiger charge is -2.13. The summed E-state index contributed by atoms with van der Waals surface area (Å²) in [6.07, 6.45) is -10.4. The molecule has 0 atom stereocenters. The first-order valence-corrected chi connectivity index (χ1v) is 3.50. The summed E-state index contributed by atoms with van der Waals surface area (Å²) in [5.74, 6) is 0. The first kappa shape index (κ1) is 11.6. The van der Waals surface area contributed by atoms with Crippen LogP contribution in [0.1, 0.15) is 11.3 Å². The molecule has 0 fully saturated rings. The quantitative estimate of drug-likeness (QED) is 0.683. The van der Waals surface area contributed by atoms with Crippen LogP contribution in [0.2, 0.25) is 0 Å². The van der Waals surface area contributed by atoms with Gasteiger partial charge >= 0.3 is 12.4 Å². The van der Waals surface area contributed by atoms with Crippen LogP contribution in [0.15, 0.2) is 16.9 Å². The van der Waals surface area contributed by atoms with E-state index >= 15 is 0 Å². The molecule has 15 heavy (non-hydrogen) atoms. The van der Waals surface area contributed by atoms with Crippen molar-refractivity contribution < 1.29 is 26.3 Å². The van der Waals surface area contributed by atoms with Crippen molar-refractivity contribution in [1.82, 2.24) is 4.98 Å². The van der Waals surface area contributed by atoms with E-state index in [0.29, 0.717) is 6.07 Å². The third-order valence-corrected chi connectivity index (χ3v) is 1.51. The number of hydrogen-bond acceptors (Lipinski definition) is 1. The number of H-pyrrole nitrogens is 1. The lowest BCUT2D eigenvalue weighted by atomic mass is 10.2. The molecule has 1 N–H and O–H groups in total. The Bertz CT molecular complexity index is 415. The monoisotopic (exact) mass is 231 g/mol. The van der Waals surface area contributed by atoms with E-state index in [0.717, 1.165) is 4.98 Å². The maximum atomic E-state index is 12.1. The Morgan fingerprint density at radius 3 is 1.87 bits per heavy atom. The number of nitrogens with one attached hydrogen (secondary N) is 1. The lowest BCUT2D eigenvalue weighted by Crippen LogP contribution is -2.22. The van der Waals surface area contributed by atoms with Gasteiger partial charge in [0.05, 0.1) is 5.56 Å². The predicted octanol–water partition coefficient (Wildman–Crippen LogP) is 2.41. The highest BCUT2D eigenvalue weighted by Crippen LogP contribution is 2.37. The van der Waals surface area contributed by atoms with E-state index in [1.165, 1.54) is 0 Å². The second-order valence-corrected chi connectivity index (χ2v) is 2.61. The van der Waals surface area contributed by atoms with E-state index in [9.17, 15) is 31.1 Å². The van der Waals surface area contributed by atoms with Gasteiger partial charge in [0.1, 0.15) is 5.69 Å². The molecule has 84 valence electrons. The normalized spacial score (nSPS) is 12.9. The first-order valence-electron chi connectivity index (χ1n) is 3.50. The molecule has 0 aliphatic heterocycles. The summed E-state index contributed by atoms with van der Waals surface area (Å²) in [6.45, 7) is 0. The molecule has 1 rings (SSSR count). The fourth-order valence-electron chi connectivity index (χ4n) is 0.934. The standard InChI is InChI=1S/C7H3F6NO/c8-6(9,10)3-1-2-4(15)14-5(3)7(11,12)13/h1-2H,(H,14,15). The van der Waals surface area contributed by atoms with E-state index < -0.39 is 29.2 Å². The zero-order valence-electron chi connectivity index (χ0n) is 6.83. The van der Waals surface area contributed by atoms with Gasteiger partial charge in [0.15, 0.2) is 0 Å². The largest absolute Gasteiger partial charge is 0.431 e. The molecule has 2 nitrogen and oxygen atoms in total. The SMILES string of the molecule is O=c1ccc(C(F)(F)F)c(C(F)(F)F)[nH]1. The Morgan fingerprint density at radius 1 is 0.933 bits per heavy atom. The highest BCUT2D eigenvalue weighted by Gasteiger charge is 2.43. The number of pyridine rings is 1. The van der Waals surface area contributed by atoms with Crippen LogP contribution in [0.25, 0.3) is 0 Å². The van der Waals surface area contributed by atoms with E-state index in [2.05, 4.69) is 0 Å². The summed E-state index contributed by atoms with van der Waals surface area (Å²) >= 11 is 0. The van der Waals surface area contributed by atoms with Crippen LogP contribution in [0, 0.1) is 0 Å². The van der Waals surface area contributed by atoms with Gasteiger partial charge in [0.2, 0.25) is 5.56 Å². The van der Waals surface area contributed by atoms with Crippen LogP contribution < -0.4 is 5.56 Å². The molecule has 8 heteroatoms. The summed E-state index contributed by atoms with van der Waals surface area (Å²) in [5.41, 5.74) is -5.23. The van der Waals surface area contributed by atoms with Gasteiger partial charge in [-0.05, 0) is 6.07 Å². The molecule has 0 saturated heterocycles. The van der Waals surface area contributed by atoms with Gasteiger partial charge in [0, 0.05) is 6.07 Å². The summed E-state index contributed by atoms with van der Waals surface area (Å²) < 4.78 is 72.5. The number of alkyl halides is 6. The average molecular weight is 231 g/mol. The minimum Gasteiger partial charge on any atom is -0.318 e. The van der Waals surface area contributed by atoms with E-state index in [-0.39, 0.29) is 6.07 Å². The molecule has 0 aliphatic carbocycles. The van der Waals surface area contributed by atoms with E-state index in [4.69, 9.17) is 0 Å². The maximum absolute atomic E-state index is 12.1. The van der Waals surface area contributed by atoms with Crippen molar-refractivity contribution in [1.29, 1.82) is 0 Å². The topological polar surface area (TPSA) is 32.9 Å². The van der Waals surface area contributed by atoms with Crippen LogP contribution in [0.4, 0.5) is 26.3 Å². The van der Waals surface area contributed by atoms with E-state index in [1.54, 1.807) is 0 Å². The number of rotatable bonds is 0. The summed E-state index contributed by atoms with van der Waals surface area (Å²) in [5, 5.41) is 0. The van der Waals surface area contributed by atoms with Gasteiger partial charge in [0.25, 0.3) is 0 Å². The van der Waals surface area contributed by atoms with Crippen LogP contribution in [0.3, 0.4) is 0 Å². The maximum Gasteiger partial charge on any atom is 0.431 e. The fraction of sp³-hybridized carbons (Fsp3) is 0.286. The summed E-state index contributed by atoms with van der Waals surface area (Å²) in [4.78, 5) is 11.6. The number of halogens is 6. The minimum atomic E-state index is -5.24. The van der Waals surface area contributed by atoms with Crippen molar-refractivity contribution in [3.63, 3.8) is 0 Å². The van der Waals surface area contributed by atoms with Gasteiger partial charge in [-0.15, -0.1) is 0 Å². The molecule has 0 aromatic carbocycles. The van der Waals surface area contributed by atoms with Crippen LogP contribution in [-0.2, 0) is 12.4 Å². The lowest BCUT2D eigenvalue weighted by molar-refractivity contribution is -0.164. The zero-order chi connectivity index (χ0) is 11.9. The third kappa shape index (κ3) is 2.51. The van der Waals surface area contributed by atoms with Crippen molar-refractivity contribution in [2.45, 2.75) is 12.4 Å². The Balaban J connectivity index is 3.48. The smallest absolute Gasteiger partial charge is 0.318 e. The second kappa shape index (κ2) is 3.28. The Hall–Kier alpha value is -1.47. The van der Waals surface area contributed by atoms with Gasteiger partial charge in [-0.1, -0.05) is 0 Å². The predicted molar refractivity (Wildman–Crippen MR) is 37.1 cm³/mol. The van der Waals surface area contributed by atoms with Crippen molar-refractivity contribution in [2.75, 3.05) is 0 Å². The Labute approximate surface area is 78.5 Å². The molecule has 0 amide bonds. The first-order chi connectivity index (χ1) is 6.62.